The molecule has 0 amide bonds. The third-order valence-electron chi connectivity index (χ3n) is 6.59. The van der Waals surface area contributed by atoms with Crippen molar-refractivity contribution in [3.05, 3.63) is 99.0 Å². The normalized spacial score (nSPS) is 21.3. The molecule has 5 rings (SSSR count). The average Bonchev–Trinajstić information content (AvgIpc) is 3.27. The molecular weight excluding hydrogens is 475 g/mol. The Balaban J connectivity index is 1.51. The van der Waals surface area contributed by atoms with Crippen LogP contribution >= 0.6 is 23.2 Å². The Morgan fingerprint density at radius 1 is 1.00 bits per heavy atom. The first kappa shape index (κ1) is 22.3. The van der Waals surface area contributed by atoms with Gasteiger partial charge in [-0.05, 0) is 73.2 Å². The topological polar surface area (TPSA) is 58.2 Å². The maximum Gasteiger partial charge on any atom is 0.261 e. The summed E-state index contributed by atoms with van der Waals surface area (Å²) in [6.45, 7) is 3.88. The van der Waals surface area contributed by atoms with Gasteiger partial charge in [0.2, 0.25) is 0 Å². The molecule has 4 nitrogen and oxygen atoms in total. The first-order valence-electron chi connectivity index (χ1n) is 10.9. The molecule has 2 aliphatic rings. The van der Waals surface area contributed by atoms with Gasteiger partial charge in [0, 0.05) is 11.6 Å². The number of sulfonamides is 1. The predicted octanol–water partition coefficient (Wildman–Crippen LogP) is 7.24. The number of hydrogen-bond donors (Lipinski definition) is 2. The zero-order valence-corrected chi connectivity index (χ0v) is 20.6. The summed E-state index contributed by atoms with van der Waals surface area (Å²) in [5.74, 6) is 0.316. The van der Waals surface area contributed by atoms with Crippen LogP contribution in [0, 0.1) is 19.8 Å². The SMILES string of the molecule is Cc1ccc(NS(=O)(=O)c2ccc3c(c2)C2C=CCC2C(c2cccc(Cl)c2Cl)N3)c(C)c1. The van der Waals surface area contributed by atoms with E-state index in [1.807, 2.05) is 44.2 Å². The van der Waals surface area contributed by atoms with E-state index in [1.165, 1.54) is 0 Å². The van der Waals surface area contributed by atoms with Crippen LogP contribution in [-0.4, -0.2) is 8.42 Å². The van der Waals surface area contributed by atoms with Crippen LogP contribution in [0.15, 0.2) is 71.6 Å². The Bertz CT molecular complexity index is 1390. The van der Waals surface area contributed by atoms with Gasteiger partial charge in [0.25, 0.3) is 10.0 Å². The molecule has 3 atom stereocenters. The molecule has 1 aliphatic carbocycles. The van der Waals surface area contributed by atoms with Gasteiger partial charge >= 0.3 is 0 Å². The van der Waals surface area contributed by atoms with Crippen LogP contribution in [0.4, 0.5) is 11.4 Å². The Morgan fingerprint density at radius 2 is 1.82 bits per heavy atom. The van der Waals surface area contributed by atoms with Gasteiger partial charge in [-0.15, -0.1) is 0 Å². The van der Waals surface area contributed by atoms with Crippen LogP contribution in [0.3, 0.4) is 0 Å². The van der Waals surface area contributed by atoms with Crippen molar-refractivity contribution in [1.82, 2.24) is 0 Å². The minimum absolute atomic E-state index is 0.0144. The first-order chi connectivity index (χ1) is 15.7. The summed E-state index contributed by atoms with van der Waals surface area (Å²) in [7, 11) is -3.73. The molecular formula is C26H24Cl2N2O2S. The van der Waals surface area contributed by atoms with Crippen LogP contribution in [0.2, 0.25) is 10.0 Å². The number of anilines is 2. The van der Waals surface area contributed by atoms with Gasteiger partial charge in [0.1, 0.15) is 0 Å². The first-order valence-corrected chi connectivity index (χ1v) is 13.1. The molecule has 0 bridgehead atoms. The van der Waals surface area contributed by atoms with Crippen LogP contribution in [-0.2, 0) is 10.0 Å². The molecule has 1 heterocycles. The van der Waals surface area contributed by atoms with Crippen molar-refractivity contribution in [3.63, 3.8) is 0 Å². The highest BCUT2D eigenvalue weighted by Gasteiger charge is 2.39. The van der Waals surface area contributed by atoms with Crippen molar-refractivity contribution >= 4 is 44.6 Å². The third kappa shape index (κ3) is 4.03. The molecule has 0 saturated heterocycles. The number of rotatable bonds is 4. The molecule has 1 aliphatic heterocycles. The number of allylic oxidation sites excluding steroid dienone is 2. The quantitative estimate of drug-likeness (QED) is 0.372. The highest BCUT2D eigenvalue weighted by atomic mass is 35.5. The number of fused-ring (bicyclic) bond motifs is 3. The van der Waals surface area contributed by atoms with Crippen molar-refractivity contribution in [2.45, 2.75) is 37.1 Å². The lowest BCUT2D eigenvalue weighted by Gasteiger charge is -2.38. The van der Waals surface area contributed by atoms with E-state index in [-0.39, 0.29) is 22.8 Å². The molecule has 7 heteroatoms. The van der Waals surface area contributed by atoms with E-state index in [9.17, 15) is 8.42 Å². The molecule has 0 spiro atoms. The average molecular weight is 499 g/mol. The molecule has 2 N–H and O–H groups in total. The van der Waals surface area contributed by atoms with Crippen molar-refractivity contribution in [3.8, 4) is 0 Å². The Morgan fingerprint density at radius 3 is 2.61 bits per heavy atom. The van der Waals surface area contributed by atoms with Crippen LogP contribution in [0.1, 0.15) is 40.6 Å². The van der Waals surface area contributed by atoms with E-state index in [0.29, 0.717) is 15.7 Å². The van der Waals surface area contributed by atoms with Crippen molar-refractivity contribution in [1.29, 1.82) is 0 Å². The van der Waals surface area contributed by atoms with Gasteiger partial charge in [-0.3, -0.25) is 4.72 Å². The van der Waals surface area contributed by atoms with Crippen LogP contribution in [0.5, 0.6) is 0 Å². The number of benzene rings is 3. The summed E-state index contributed by atoms with van der Waals surface area (Å²) in [4.78, 5) is 0.251. The minimum atomic E-state index is -3.73. The lowest BCUT2D eigenvalue weighted by atomic mass is 9.77. The van der Waals surface area contributed by atoms with Crippen molar-refractivity contribution in [2.24, 2.45) is 5.92 Å². The van der Waals surface area contributed by atoms with Gasteiger partial charge in [-0.2, -0.15) is 0 Å². The summed E-state index contributed by atoms with van der Waals surface area (Å²) >= 11 is 12.8. The Labute approximate surface area is 204 Å². The van der Waals surface area contributed by atoms with Gasteiger partial charge < -0.3 is 5.32 Å². The second kappa shape index (κ2) is 8.39. The monoisotopic (exact) mass is 498 g/mol. The van der Waals surface area contributed by atoms with Crippen LogP contribution in [0.25, 0.3) is 0 Å². The summed E-state index contributed by atoms with van der Waals surface area (Å²) in [6.07, 6.45) is 5.21. The van der Waals surface area contributed by atoms with E-state index in [4.69, 9.17) is 23.2 Å². The van der Waals surface area contributed by atoms with Crippen LogP contribution < -0.4 is 10.0 Å². The molecule has 0 saturated carbocycles. The van der Waals surface area contributed by atoms with Gasteiger partial charge in [-0.1, -0.05) is 65.2 Å². The highest BCUT2D eigenvalue weighted by molar-refractivity contribution is 7.92. The Kier molecular flexibility index (Phi) is 5.68. The number of nitrogens with one attached hydrogen (secondary N) is 2. The minimum Gasteiger partial charge on any atom is -0.378 e. The number of hydrogen-bond acceptors (Lipinski definition) is 3. The van der Waals surface area contributed by atoms with E-state index in [2.05, 4.69) is 22.2 Å². The fourth-order valence-electron chi connectivity index (χ4n) is 4.94. The largest absolute Gasteiger partial charge is 0.378 e. The van der Waals surface area contributed by atoms with E-state index in [0.717, 1.165) is 34.4 Å². The maximum absolute atomic E-state index is 13.2. The lowest BCUT2D eigenvalue weighted by Crippen LogP contribution is -2.29. The fraction of sp³-hybridized carbons (Fsp3) is 0.231. The summed E-state index contributed by atoms with van der Waals surface area (Å²) < 4.78 is 29.2. The smallest absolute Gasteiger partial charge is 0.261 e. The fourth-order valence-corrected chi connectivity index (χ4v) is 6.53. The maximum atomic E-state index is 13.2. The second-order valence-corrected chi connectivity index (χ2v) is 11.3. The number of aryl methyl sites for hydroxylation is 2. The third-order valence-corrected chi connectivity index (χ3v) is 8.78. The van der Waals surface area contributed by atoms with Crippen molar-refractivity contribution < 1.29 is 8.42 Å². The van der Waals surface area contributed by atoms with Gasteiger partial charge in [-0.25, -0.2) is 8.42 Å². The van der Waals surface area contributed by atoms with E-state index in [1.54, 1.807) is 24.3 Å². The summed E-state index contributed by atoms with van der Waals surface area (Å²) in [5.41, 5.74) is 5.41. The zero-order chi connectivity index (χ0) is 23.3. The molecule has 0 radical (unpaired) electrons. The molecule has 3 aromatic carbocycles. The second-order valence-electron chi connectivity index (χ2n) is 8.79. The molecule has 33 heavy (non-hydrogen) atoms. The standard InChI is InChI=1S/C26H24Cl2N2O2S/c1-15-9-11-23(16(2)13-15)30-33(31,32)17-10-12-24-21(14-17)18-5-3-6-19(18)26(29-24)20-7-4-8-22(27)25(20)28/h3-5,7-14,18-19,26,29-30H,6H2,1-2H3. The summed E-state index contributed by atoms with van der Waals surface area (Å²) in [6, 6.07) is 16.6. The molecule has 3 aromatic rings. The van der Waals surface area contributed by atoms with Crippen molar-refractivity contribution in [2.75, 3.05) is 10.0 Å². The zero-order valence-electron chi connectivity index (χ0n) is 18.3. The Hall–Kier alpha value is -2.47. The number of halogens is 2. The molecule has 3 unspecified atom stereocenters. The highest BCUT2D eigenvalue weighted by Crippen LogP contribution is 2.51. The summed E-state index contributed by atoms with van der Waals surface area (Å²) in [5, 5.41) is 4.69. The predicted molar refractivity (Wildman–Crippen MR) is 136 cm³/mol. The lowest BCUT2D eigenvalue weighted by molar-refractivity contribution is 0.425. The van der Waals surface area contributed by atoms with Gasteiger partial charge in [0.05, 0.1) is 26.7 Å². The van der Waals surface area contributed by atoms with E-state index >= 15 is 0 Å². The molecule has 170 valence electrons. The molecule has 0 fully saturated rings. The molecule has 0 aromatic heterocycles. The van der Waals surface area contributed by atoms with Gasteiger partial charge in [0.15, 0.2) is 0 Å². The van der Waals surface area contributed by atoms with E-state index < -0.39 is 10.0 Å².